The highest BCUT2D eigenvalue weighted by Crippen LogP contribution is 2.34. The minimum absolute atomic E-state index is 0.112. The third-order valence-electron chi connectivity index (χ3n) is 4.02. The van der Waals surface area contributed by atoms with Crippen molar-refractivity contribution in [2.45, 2.75) is 0 Å². The first-order valence-electron chi connectivity index (χ1n) is 8.40. The normalized spacial score (nSPS) is 14.9. The zero-order chi connectivity index (χ0) is 21.0. The Bertz CT molecular complexity index is 1020. The number of aromatic carboxylic acids is 1. The molecule has 0 unspecified atom stereocenters. The second kappa shape index (κ2) is 8.89. The Kier molecular flexibility index (Phi) is 6.30. The van der Waals surface area contributed by atoms with Crippen LogP contribution in [-0.4, -0.2) is 45.8 Å². The van der Waals surface area contributed by atoms with Crippen LogP contribution in [0.2, 0.25) is 0 Å². The molecule has 7 nitrogen and oxygen atoms in total. The molecule has 1 saturated heterocycles. The number of hydrogen-bond donors (Lipinski definition) is 2. The average molecular weight is 428 g/mol. The van der Waals surface area contributed by atoms with E-state index in [0.717, 1.165) is 17.3 Å². The summed E-state index contributed by atoms with van der Waals surface area (Å²) in [4.78, 5) is 37.5. The SMILES string of the molecule is COc1ccccc1/C=C1\SC(=S)N(CC(=O)Nc2ccc(C(=O)O)cc2)C1=O. The number of carbonyl (C=O) groups excluding carboxylic acids is 2. The van der Waals surface area contributed by atoms with Crippen LogP contribution in [0.1, 0.15) is 15.9 Å². The molecular weight excluding hydrogens is 412 g/mol. The van der Waals surface area contributed by atoms with Crippen molar-refractivity contribution in [1.82, 2.24) is 4.90 Å². The molecule has 3 rings (SSSR count). The maximum absolute atomic E-state index is 12.7. The fourth-order valence-corrected chi connectivity index (χ4v) is 3.85. The molecule has 1 fully saturated rings. The van der Waals surface area contributed by atoms with Crippen LogP contribution in [0.3, 0.4) is 0 Å². The first-order valence-corrected chi connectivity index (χ1v) is 9.63. The van der Waals surface area contributed by atoms with Crippen LogP contribution in [-0.2, 0) is 9.59 Å². The van der Waals surface area contributed by atoms with Gasteiger partial charge >= 0.3 is 5.97 Å². The number of methoxy groups -OCH3 is 1. The lowest BCUT2D eigenvalue weighted by Gasteiger charge is -2.14. The third kappa shape index (κ3) is 4.82. The Morgan fingerprint density at radius 3 is 2.55 bits per heavy atom. The van der Waals surface area contributed by atoms with Crippen molar-refractivity contribution in [2.75, 3.05) is 19.0 Å². The van der Waals surface area contributed by atoms with Gasteiger partial charge in [0.1, 0.15) is 16.6 Å². The van der Waals surface area contributed by atoms with Gasteiger partial charge in [-0.1, -0.05) is 42.2 Å². The summed E-state index contributed by atoms with van der Waals surface area (Å²) in [5.41, 5.74) is 1.27. The van der Waals surface area contributed by atoms with Gasteiger partial charge < -0.3 is 15.2 Å². The van der Waals surface area contributed by atoms with E-state index >= 15 is 0 Å². The molecule has 1 heterocycles. The number of ether oxygens (including phenoxy) is 1. The lowest BCUT2D eigenvalue weighted by molar-refractivity contribution is -0.126. The van der Waals surface area contributed by atoms with Gasteiger partial charge in [0.25, 0.3) is 5.91 Å². The molecule has 29 heavy (non-hydrogen) atoms. The molecule has 0 aliphatic carbocycles. The molecule has 9 heteroatoms. The molecule has 0 bridgehead atoms. The number of amides is 2. The van der Waals surface area contributed by atoms with E-state index in [9.17, 15) is 14.4 Å². The number of para-hydroxylation sites is 1. The first-order chi connectivity index (χ1) is 13.9. The maximum Gasteiger partial charge on any atom is 0.335 e. The van der Waals surface area contributed by atoms with Crippen molar-refractivity contribution in [3.8, 4) is 5.75 Å². The second-order valence-electron chi connectivity index (χ2n) is 5.94. The van der Waals surface area contributed by atoms with Crippen molar-refractivity contribution in [3.05, 3.63) is 64.6 Å². The summed E-state index contributed by atoms with van der Waals surface area (Å²) < 4.78 is 5.57. The monoisotopic (exact) mass is 428 g/mol. The standard InChI is InChI=1S/C20H16N2O5S2/c1-27-15-5-3-2-4-13(15)10-16-18(24)22(20(28)29-16)11-17(23)21-14-8-6-12(7-9-14)19(25)26/h2-10H,11H2,1H3,(H,21,23)(H,25,26)/b16-10-. The number of carbonyl (C=O) groups is 3. The number of carboxylic acids is 1. The van der Waals surface area contributed by atoms with E-state index in [2.05, 4.69) is 5.32 Å². The maximum atomic E-state index is 12.7. The van der Waals surface area contributed by atoms with Crippen molar-refractivity contribution < 1.29 is 24.2 Å². The number of hydrogen-bond acceptors (Lipinski definition) is 6. The molecule has 2 aromatic rings. The molecule has 0 saturated carbocycles. The summed E-state index contributed by atoms with van der Waals surface area (Å²) in [7, 11) is 1.55. The highest BCUT2D eigenvalue weighted by Gasteiger charge is 2.33. The van der Waals surface area contributed by atoms with Gasteiger partial charge in [0.15, 0.2) is 0 Å². The predicted octanol–water partition coefficient (Wildman–Crippen LogP) is 3.23. The van der Waals surface area contributed by atoms with Crippen LogP contribution < -0.4 is 10.1 Å². The lowest BCUT2D eigenvalue weighted by atomic mass is 10.2. The highest BCUT2D eigenvalue weighted by atomic mass is 32.2. The third-order valence-corrected chi connectivity index (χ3v) is 5.39. The van der Waals surface area contributed by atoms with Gasteiger partial charge in [-0.05, 0) is 36.4 Å². The minimum Gasteiger partial charge on any atom is -0.496 e. The molecule has 1 aliphatic heterocycles. The highest BCUT2D eigenvalue weighted by molar-refractivity contribution is 8.26. The Balaban J connectivity index is 1.69. The van der Waals surface area contributed by atoms with E-state index in [0.29, 0.717) is 16.3 Å². The number of benzene rings is 2. The lowest BCUT2D eigenvalue weighted by Crippen LogP contribution is -2.36. The number of nitrogens with one attached hydrogen (secondary N) is 1. The van der Waals surface area contributed by atoms with Gasteiger partial charge in [-0.15, -0.1) is 0 Å². The molecular formula is C20H16N2O5S2. The Morgan fingerprint density at radius 1 is 1.21 bits per heavy atom. The van der Waals surface area contributed by atoms with Crippen LogP contribution in [0.4, 0.5) is 5.69 Å². The summed E-state index contributed by atoms with van der Waals surface area (Å²) >= 11 is 6.37. The smallest absolute Gasteiger partial charge is 0.335 e. The van der Waals surface area contributed by atoms with E-state index in [4.69, 9.17) is 22.1 Å². The molecule has 2 aromatic carbocycles. The summed E-state index contributed by atoms with van der Waals surface area (Å²) in [6.45, 7) is -0.241. The molecule has 148 valence electrons. The fraction of sp³-hybridized carbons (Fsp3) is 0.100. The second-order valence-corrected chi connectivity index (χ2v) is 7.62. The van der Waals surface area contributed by atoms with E-state index < -0.39 is 11.9 Å². The fourth-order valence-electron chi connectivity index (χ4n) is 2.60. The number of nitrogens with zero attached hydrogens (tertiary/aromatic N) is 1. The zero-order valence-electron chi connectivity index (χ0n) is 15.2. The van der Waals surface area contributed by atoms with Crippen molar-refractivity contribution in [2.24, 2.45) is 0 Å². The average Bonchev–Trinajstić information content (AvgIpc) is 2.96. The number of anilines is 1. The zero-order valence-corrected chi connectivity index (χ0v) is 16.9. The molecule has 0 spiro atoms. The van der Waals surface area contributed by atoms with Gasteiger partial charge in [-0.2, -0.15) is 0 Å². The van der Waals surface area contributed by atoms with Crippen LogP contribution >= 0.6 is 24.0 Å². The first kappa shape index (κ1) is 20.6. The summed E-state index contributed by atoms with van der Waals surface area (Å²) in [5, 5.41) is 11.5. The van der Waals surface area contributed by atoms with Crippen molar-refractivity contribution in [1.29, 1.82) is 0 Å². The Labute approximate surface area is 176 Å². The number of thiocarbonyl (C=S) groups is 1. The van der Waals surface area contributed by atoms with E-state index in [1.165, 1.54) is 29.2 Å². The van der Waals surface area contributed by atoms with Gasteiger partial charge in [-0.25, -0.2) is 4.79 Å². The van der Waals surface area contributed by atoms with Crippen LogP contribution in [0.5, 0.6) is 5.75 Å². The summed E-state index contributed by atoms with van der Waals surface area (Å²) in [6, 6.07) is 13.0. The van der Waals surface area contributed by atoms with Crippen LogP contribution in [0, 0.1) is 0 Å². The van der Waals surface area contributed by atoms with Gasteiger partial charge in [-0.3, -0.25) is 14.5 Å². The quantitative estimate of drug-likeness (QED) is 0.539. The molecule has 2 N–H and O–H groups in total. The predicted molar refractivity (Wildman–Crippen MR) is 115 cm³/mol. The molecule has 0 atom stereocenters. The number of rotatable bonds is 6. The molecule has 0 radical (unpaired) electrons. The van der Waals surface area contributed by atoms with E-state index in [1.807, 2.05) is 18.2 Å². The summed E-state index contributed by atoms with van der Waals surface area (Å²) in [6.07, 6.45) is 1.68. The van der Waals surface area contributed by atoms with E-state index in [1.54, 1.807) is 19.3 Å². The Morgan fingerprint density at radius 2 is 1.90 bits per heavy atom. The largest absolute Gasteiger partial charge is 0.496 e. The van der Waals surface area contributed by atoms with Crippen molar-refractivity contribution in [3.63, 3.8) is 0 Å². The Hall–Kier alpha value is -3.17. The number of carboxylic acid groups (broad SMARTS) is 1. The molecule has 1 aliphatic rings. The molecule has 0 aromatic heterocycles. The van der Waals surface area contributed by atoms with Gasteiger partial charge in [0.2, 0.25) is 5.91 Å². The van der Waals surface area contributed by atoms with Crippen molar-refractivity contribution >= 4 is 57.8 Å². The van der Waals surface area contributed by atoms with Gasteiger partial charge in [0.05, 0.1) is 17.6 Å². The van der Waals surface area contributed by atoms with Crippen LogP contribution in [0.15, 0.2) is 53.4 Å². The minimum atomic E-state index is -1.05. The topological polar surface area (TPSA) is 95.9 Å². The van der Waals surface area contributed by atoms with Gasteiger partial charge in [0, 0.05) is 11.3 Å². The molecule has 2 amide bonds. The van der Waals surface area contributed by atoms with Crippen LogP contribution in [0.25, 0.3) is 6.08 Å². The number of thioether (sulfide) groups is 1. The van der Waals surface area contributed by atoms with E-state index in [-0.39, 0.29) is 22.3 Å². The summed E-state index contributed by atoms with van der Waals surface area (Å²) in [5.74, 6) is -1.23.